The van der Waals surface area contributed by atoms with Crippen molar-refractivity contribution in [1.82, 2.24) is 0 Å². The van der Waals surface area contributed by atoms with Gasteiger partial charge in [-0.3, -0.25) is 4.79 Å². The van der Waals surface area contributed by atoms with E-state index < -0.39 is 5.97 Å². The van der Waals surface area contributed by atoms with Crippen molar-refractivity contribution in [3.05, 3.63) is 12.2 Å². The summed E-state index contributed by atoms with van der Waals surface area (Å²) in [7, 11) is 0. The number of rotatable bonds is 1. The van der Waals surface area contributed by atoms with Crippen LogP contribution >= 0.6 is 0 Å². The summed E-state index contributed by atoms with van der Waals surface area (Å²) in [4.78, 5) is 10.6. The summed E-state index contributed by atoms with van der Waals surface area (Å²) < 4.78 is 0. The van der Waals surface area contributed by atoms with E-state index >= 15 is 0 Å². The molecular formula is C8H13NO2. The highest BCUT2D eigenvalue weighted by atomic mass is 16.4. The average molecular weight is 155 g/mol. The fraction of sp³-hybridized carbons (Fsp3) is 0.625. The molecule has 0 saturated heterocycles. The minimum Gasteiger partial charge on any atom is -0.481 e. The molecule has 1 aliphatic rings. The molecule has 1 rings (SSSR count). The number of carbonyl (C=O) groups is 1. The van der Waals surface area contributed by atoms with Gasteiger partial charge in [-0.15, -0.1) is 0 Å². The lowest BCUT2D eigenvalue weighted by Crippen LogP contribution is -2.34. The second-order valence-corrected chi connectivity index (χ2v) is 2.89. The zero-order valence-electron chi connectivity index (χ0n) is 6.36. The van der Waals surface area contributed by atoms with Crippen molar-refractivity contribution in [2.75, 3.05) is 0 Å². The van der Waals surface area contributed by atoms with Gasteiger partial charge in [-0.25, -0.2) is 0 Å². The van der Waals surface area contributed by atoms with Gasteiger partial charge >= 0.3 is 5.97 Å². The monoisotopic (exact) mass is 155 g/mol. The number of hydrogen-bond donors (Lipinski definition) is 2. The summed E-state index contributed by atoms with van der Waals surface area (Å²) >= 11 is 0. The highest BCUT2D eigenvalue weighted by molar-refractivity contribution is 5.71. The van der Waals surface area contributed by atoms with Crippen molar-refractivity contribution in [3.63, 3.8) is 0 Å². The first-order valence-electron chi connectivity index (χ1n) is 3.85. The fourth-order valence-electron chi connectivity index (χ4n) is 1.31. The molecule has 0 spiro atoms. The predicted molar refractivity (Wildman–Crippen MR) is 42.1 cm³/mol. The van der Waals surface area contributed by atoms with E-state index in [1.165, 1.54) is 0 Å². The minimum absolute atomic E-state index is 0.178. The molecule has 0 aromatic heterocycles. The summed E-state index contributed by atoms with van der Waals surface area (Å²) in [5, 5.41) is 8.72. The first-order valence-corrected chi connectivity index (χ1v) is 3.85. The van der Waals surface area contributed by atoms with Crippen molar-refractivity contribution in [1.29, 1.82) is 0 Å². The Morgan fingerprint density at radius 3 is 2.91 bits per heavy atom. The van der Waals surface area contributed by atoms with Crippen LogP contribution in [0.4, 0.5) is 0 Å². The lowest BCUT2D eigenvalue weighted by Gasteiger charge is -2.15. The second kappa shape index (κ2) is 3.53. The maximum absolute atomic E-state index is 10.6. The molecule has 2 atom stereocenters. The predicted octanol–water partition coefficient (Wildman–Crippen LogP) is 0.755. The maximum atomic E-state index is 10.6. The average Bonchev–Trinajstić information content (AvgIpc) is 2.13. The van der Waals surface area contributed by atoms with Crippen molar-refractivity contribution in [2.45, 2.75) is 25.3 Å². The number of aliphatic carboxylic acids is 1. The Morgan fingerprint density at radius 2 is 2.27 bits per heavy atom. The van der Waals surface area contributed by atoms with Gasteiger partial charge in [0.05, 0.1) is 5.92 Å². The first kappa shape index (κ1) is 8.27. The zero-order valence-corrected chi connectivity index (χ0v) is 6.36. The summed E-state index contributed by atoms with van der Waals surface area (Å²) in [5.74, 6) is -1.15. The third-order valence-corrected chi connectivity index (χ3v) is 2.06. The number of hydrogen-bond acceptors (Lipinski definition) is 2. The van der Waals surface area contributed by atoms with Gasteiger partial charge in [0.2, 0.25) is 0 Å². The molecule has 11 heavy (non-hydrogen) atoms. The van der Waals surface area contributed by atoms with Gasteiger partial charge in [-0.2, -0.15) is 0 Å². The molecule has 3 N–H and O–H groups in total. The molecule has 0 heterocycles. The molecule has 3 heteroatoms. The standard InChI is InChI=1S/C8H13NO2/c9-7-5-3-1-2-4-6(7)8(10)11/h1-2,6-7H,3-5,9H2,(H,10,11). The van der Waals surface area contributed by atoms with Crippen LogP contribution in [-0.2, 0) is 4.79 Å². The smallest absolute Gasteiger partial charge is 0.308 e. The maximum Gasteiger partial charge on any atom is 0.308 e. The summed E-state index contributed by atoms with van der Waals surface area (Å²) in [6.45, 7) is 0. The molecule has 0 aliphatic heterocycles. The molecule has 0 saturated carbocycles. The molecule has 0 aromatic rings. The van der Waals surface area contributed by atoms with Crippen LogP contribution in [0.5, 0.6) is 0 Å². The van der Waals surface area contributed by atoms with Crippen LogP contribution < -0.4 is 5.73 Å². The van der Waals surface area contributed by atoms with E-state index in [0.717, 1.165) is 12.8 Å². The van der Waals surface area contributed by atoms with E-state index in [1.54, 1.807) is 0 Å². The molecule has 0 fully saturated rings. The van der Waals surface area contributed by atoms with Crippen molar-refractivity contribution in [2.24, 2.45) is 11.7 Å². The molecule has 3 nitrogen and oxygen atoms in total. The number of allylic oxidation sites excluding steroid dienone is 2. The third kappa shape index (κ3) is 2.05. The number of carboxylic acid groups (broad SMARTS) is 1. The fourth-order valence-corrected chi connectivity index (χ4v) is 1.31. The molecular weight excluding hydrogens is 142 g/mol. The van der Waals surface area contributed by atoms with Crippen molar-refractivity contribution < 1.29 is 9.90 Å². The number of nitrogens with two attached hydrogens (primary N) is 1. The van der Waals surface area contributed by atoms with E-state index in [2.05, 4.69) is 0 Å². The Labute approximate surface area is 65.9 Å². The Hall–Kier alpha value is -0.830. The van der Waals surface area contributed by atoms with Crippen molar-refractivity contribution in [3.8, 4) is 0 Å². The lowest BCUT2D eigenvalue weighted by atomic mass is 9.96. The van der Waals surface area contributed by atoms with Gasteiger partial charge in [-0.05, 0) is 19.3 Å². The normalized spacial score (nSPS) is 31.4. The molecule has 0 amide bonds. The first-order chi connectivity index (χ1) is 5.22. The Morgan fingerprint density at radius 1 is 1.55 bits per heavy atom. The van der Waals surface area contributed by atoms with Gasteiger partial charge in [0.1, 0.15) is 0 Å². The van der Waals surface area contributed by atoms with Gasteiger partial charge < -0.3 is 10.8 Å². The van der Waals surface area contributed by atoms with Crippen LogP contribution in [0.3, 0.4) is 0 Å². The van der Waals surface area contributed by atoms with Crippen LogP contribution in [0.25, 0.3) is 0 Å². The van der Waals surface area contributed by atoms with Crippen LogP contribution in [-0.4, -0.2) is 17.1 Å². The Bertz CT molecular complexity index is 177. The molecule has 1 aliphatic carbocycles. The number of carboxylic acids is 1. The molecule has 0 bridgehead atoms. The third-order valence-electron chi connectivity index (χ3n) is 2.06. The quantitative estimate of drug-likeness (QED) is 0.549. The highest BCUT2D eigenvalue weighted by Crippen LogP contribution is 2.17. The molecule has 0 aromatic carbocycles. The van der Waals surface area contributed by atoms with Crippen LogP contribution in [0.1, 0.15) is 19.3 Å². The SMILES string of the molecule is NC1CCC=CCC1C(=O)O. The largest absolute Gasteiger partial charge is 0.481 e. The summed E-state index contributed by atoms with van der Waals surface area (Å²) in [6.07, 6.45) is 6.18. The van der Waals surface area contributed by atoms with E-state index in [9.17, 15) is 4.79 Å². The van der Waals surface area contributed by atoms with E-state index in [1.807, 2.05) is 12.2 Å². The van der Waals surface area contributed by atoms with Gasteiger partial charge in [0.25, 0.3) is 0 Å². The molecule has 62 valence electrons. The van der Waals surface area contributed by atoms with Crippen LogP contribution in [0.15, 0.2) is 12.2 Å². The summed E-state index contributed by atoms with van der Waals surface area (Å²) in [5.41, 5.74) is 5.66. The molecule has 2 unspecified atom stereocenters. The second-order valence-electron chi connectivity index (χ2n) is 2.89. The highest BCUT2D eigenvalue weighted by Gasteiger charge is 2.24. The Balaban J connectivity index is 2.60. The zero-order chi connectivity index (χ0) is 8.27. The summed E-state index contributed by atoms with van der Waals surface area (Å²) in [6, 6.07) is -0.178. The van der Waals surface area contributed by atoms with E-state index in [-0.39, 0.29) is 12.0 Å². The van der Waals surface area contributed by atoms with E-state index in [0.29, 0.717) is 6.42 Å². The van der Waals surface area contributed by atoms with E-state index in [4.69, 9.17) is 10.8 Å². The van der Waals surface area contributed by atoms with Gasteiger partial charge in [0, 0.05) is 6.04 Å². The topological polar surface area (TPSA) is 63.3 Å². The van der Waals surface area contributed by atoms with Crippen LogP contribution in [0, 0.1) is 5.92 Å². The minimum atomic E-state index is -0.774. The van der Waals surface area contributed by atoms with Crippen LogP contribution in [0.2, 0.25) is 0 Å². The van der Waals surface area contributed by atoms with Gasteiger partial charge in [-0.1, -0.05) is 12.2 Å². The van der Waals surface area contributed by atoms with Gasteiger partial charge in [0.15, 0.2) is 0 Å². The lowest BCUT2D eigenvalue weighted by molar-refractivity contribution is -0.142. The Kier molecular flexibility index (Phi) is 2.65. The van der Waals surface area contributed by atoms with Crippen molar-refractivity contribution >= 4 is 5.97 Å². The molecule has 0 radical (unpaired) electrons.